The standard InChI is InChI=1S/C16H20N2/c1-18-9-8-15(11-17)16(18)14-7-6-12-4-2-3-5-13(12)10-14/h2-7,10,15-16H,8-9,11,17H2,1H3. The summed E-state index contributed by atoms with van der Waals surface area (Å²) in [7, 11) is 2.20. The molecule has 1 heterocycles. The van der Waals surface area contributed by atoms with Gasteiger partial charge in [0.05, 0.1) is 0 Å². The molecule has 0 bridgehead atoms. The van der Waals surface area contributed by atoms with E-state index in [-0.39, 0.29) is 0 Å². The Bertz CT molecular complexity index is 550. The zero-order chi connectivity index (χ0) is 12.5. The number of likely N-dealkylation sites (tertiary alicyclic amines) is 1. The Hall–Kier alpha value is -1.38. The van der Waals surface area contributed by atoms with Crippen LogP contribution in [-0.4, -0.2) is 25.0 Å². The van der Waals surface area contributed by atoms with Crippen LogP contribution in [0, 0.1) is 5.92 Å². The van der Waals surface area contributed by atoms with Crippen LogP contribution in [-0.2, 0) is 0 Å². The van der Waals surface area contributed by atoms with Crippen LogP contribution in [0.1, 0.15) is 18.0 Å². The van der Waals surface area contributed by atoms with E-state index in [1.165, 1.54) is 22.8 Å². The van der Waals surface area contributed by atoms with Gasteiger partial charge >= 0.3 is 0 Å². The number of fused-ring (bicyclic) bond motifs is 1. The molecule has 2 atom stereocenters. The summed E-state index contributed by atoms with van der Waals surface area (Å²) in [6, 6.07) is 15.8. The van der Waals surface area contributed by atoms with E-state index < -0.39 is 0 Å². The van der Waals surface area contributed by atoms with E-state index in [0.717, 1.165) is 13.1 Å². The quantitative estimate of drug-likeness (QED) is 0.874. The van der Waals surface area contributed by atoms with Crippen molar-refractivity contribution in [1.82, 2.24) is 4.90 Å². The lowest BCUT2D eigenvalue weighted by Gasteiger charge is -2.25. The normalized spacial score (nSPS) is 24.8. The summed E-state index contributed by atoms with van der Waals surface area (Å²) in [5.41, 5.74) is 7.32. The van der Waals surface area contributed by atoms with Crippen molar-refractivity contribution in [3.05, 3.63) is 48.0 Å². The highest BCUT2D eigenvalue weighted by atomic mass is 15.2. The fourth-order valence-corrected chi connectivity index (χ4v) is 3.19. The number of rotatable bonds is 2. The molecule has 2 aromatic carbocycles. The lowest BCUT2D eigenvalue weighted by atomic mass is 9.92. The van der Waals surface area contributed by atoms with Gasteiger partial charge in [0.25, 0.3) is 0 Å². The third kappa shape index (κ3) is 1.92. The summed E-state index contributed by atoms with van der Waals surface area (Å²) in [5.74, 6) is 0.594. The van der Waals surface area contributed by atoms with Gasteiger partial charge in [0, 0.05) is 6.04 Å². The molecule has 0 spiro atoms. The second kappa shape index (κ2) is 4.71. The first-order valence-corrected chi connectivity index (χ1v) is 6.68. The van der Waals surface area contributed by atoms with Crippen LogP contribution in [0.3, 0.4) is 0 Å². The van der Waals surface area contributed by atoms with E-state index in [0.29, 0.717) is 12.0 Å². The van der Waals surface area contributed by atoms with Crippen LogP contribution in [0.15, 0.2) is 42.5 Å². The Morgan fingerprint density at radius 1 is 1.17 bits per heavy atom. The highest BCUT2D eigenvalue weighted by Gasteiger charge is 2.31. The molecule has 2 aromatic rings. The number of benzene rings is 2. The van der Waals surface area contributed by atoms with Crippen LogP contribution < -0.4 is 5.73 Å². The fourth-order valence-electron chi connectivity index (χ4n) is 3.19. The molecule has 1 aliphatic rings. The molecule has 0 amide bonds. The molecular formula is C16H20N2. The fraction of sp³-hybridized carbons (Fsp3) is 0.375. The average molecular weight is 240 g/mol. The Kier molecular flexibility index (Phi) is 3.06. The largest absolute Gasteiger partial charge is 0.330 e. The van der Waals surface area contributed by atoms with Gasteiger partial charge in [0.15, 0.2) is 0 Å². The van der Waals surface area contributed by atoms with Gasteiger partial charge in [-0.2, -0.15) is 0 Å². The molecular weight excluding hydrogens is 220 g/mol. The maximum Gasteiger partial charge on any atom is 0.0385 e. The molecule has 3 rings (SSSR count). The third-order valence-corrected chi connectivity index (χ3v) is 4.19. The maximum atomic E-state index is 5.91. The molecule has 2 heteroatoms. The molecule has 1 aliphatic heterocycles. The number of hydrogen-bond donors (Lipinski definition) is 1. The predicted molar refractivity (Wildman–Crippen MR) is 76.5 cm³/mol. The zero-order valence-electron chi connectivity index (χ0n) is 10.8. The summed E-state index contributed by atoms with van der Waals surface area (Å²) in [5, 5.41) is 2.64. The minimum absolute atomic E-state index is 0.486. The van der Waals surface area contributed by atoms with Crippen molar-refractivity contribution in [2.75, 3.05) is 20.1 Å². The summed E-state index contributed by atoms with van der Waals surface area (Å²) < 4.78 is 0. The van der Waals surface area contributed by atoms with Crippen molar-refractivity contribution in [2.24, 2.45) is 11.7 Å². The van der Waals surface area contributed by atoms with Crippen LogP contribution in [0.2, 0.25) is 0 Å². The minimum atomic E-state index is 0.486. The number of nitrogens with zero attached hydrogens (tertiary/aromatic N) is 1. The van der Waals surface area contributed by atoms with Crippen LogP contribution >= 0.6 is 0 Å². The first-order chi connectivity index (χ1) is 8.79. The van der Waals surface area contributed by atoms with E-state index >= 15 is 0 Å². The highest BCUT2D eigenvalue weighted by Crippen LogP contribution is 2.36. The SMILES string of the molecule is CN1CCC(CN)C1c1ccc2ccccc2c1. The van der Waals surface area contributed by atoms with Gasteiger partial charge in [0.2, 0.25) is 0 Å². The maximum absolute atomic E-state index is 5.91. The first kappa shape index (κ1) is 11.7. The van der Waals surface area contributed by atoms with Gasteiger partial charge < -0.3 is 5.73 Å². The van der Waals surface area contributed by atoms with Crippen molar-refractivity contribution in [3.8, 4) is 0 Å². The first-order valence-electron chi connectivity index (χ1n) is 6.68. The Morgan fingerprint density at radius 2 is 1.94 bits per heavy atom. The Labute approximate surface area is 108 Å². The highest BCUT2D eigenvalue weighted by molar-refractivity contribution is 5.83. The van der Waals surface area contributed by atoms with Crippen molar-refractivity contribution in [1.29, 1.82) is 0 Å². The predicted octanol–water partition coefficient (Wildman–Crippen LogP) is 2.79. The molecule has 18 heavy (non-hydrogen) atoms. The smallest absolute Gasteiger partial charge is 0.0385 e. The Morgan fingerprint density at radius 3 is 2.72 bits per heavy atom. The average Bonchev–Trinajstić information content (AvgIpc) is 2.79. The van der Waals surface area contributed by atoms with Crippen LogP contribution in [0.5, 0.6) is 0 Å². The Balaban J connectivity index is 2.03. The lowest BCUT2D eigenvalue weighted by Crippen LogP contribution is -2.25. The topological polar surface area (TPSA) is 29.3 Å². The molecule has 0 radical (unpaired) electrons. The molecule has 2 nitrogen and oxygen atoms in total. The molecule has 0 saturated carbocycles. The van der Waals surface area contributed by atoms with Gasteiger partial charge in [-0.3, -0.25) is 4.90 Å². The van der Waals surface area contributed by atoms with Crippen molar-refractivity contribution < 1.29 is 0 Å². The van der Waals surface area contributed by atoms with E-state index in [1.807, 2.05) is 0 Å². The minimum Gasteiger partial charge on any atom is -0.330 e. The molecule has 1 fully saturated rings. The van der Waals surface area contributed by atoms with Crippen molar-refractivity contribution >= 4 is 10.8 Å². The van der Waals surface area contributed by atoms with E-state index in [4.69, 9.17) is 5.73 Å². The van der Waals surface area contributed by atoms with Gasteiger partial charge in [-0.05, 0) is 54.9 Å². The molecule has 2 unspecified atom stereocenters. The number of nitrogens with two attached hydrogens (primary N) is 1. The monoisotopic (exact) mass is 240 g/mol. The molecule has 0 aliphatic carbocycles. The van der Waals surface area contributed by atoms with Gasteiger partial charge in [0.1, 0.15) is 0 Å². The van der Waals surface area contributed by atoms with Gasteiger partial charge in [-0.15, -0.1) is 0 Å². The molecule has 2 N–H and O–H groups in total. The van der Waals surface area contributed by atoms with Gasteiger partial charge in [-0.25, -0.2) is 0 Å². The summed E-state index contributed by atoms with van der Waals surface area (Å²) in [6.45, 7) is 1.93. The summed E-state index contributed by atoms with van der Waals surface area (Å²) >= 11 is 0. The van der Waals surface area contributed by atoms with E-state index in [2.05, 4.69) is 54.4 Å². The third-order valence-electron chi connectivity index (χ3n) is 4.19. The van der Waals surface area contributed by atoms with Crippen molar-refractivity contribution in [2.45, 2.75) is 12.5 Å². The second-order valence-electron chi connectivity index (χ2n) is 5.32. The molecule has 0 aromatic heterocycles. The lowest BCUT2D eigenvalue weighted by molar-refractivity contribution is 0.280. The van der Waals surface area contributed by atoms with Crippen LogP contribution in [0.25, 0.3) is 10.8 Å². The van der Waals surface area contributed by atoms with E-state index in [9.17, 15) is 0 Å². The summed E-state index contributed by atoms with van der Waals surface area (Å²) in [4.78, 5) is 2.43. The zero-order valence-corrected chi connectivity index (χ0v) is 10.8. The molecule has 94 valence electrons. The van der Waals surface area contributed by atoms with Crippen LogP contribution in [0.4, 0.5) is 0 Å². The molecule has 1 saturated heterocycles. The number of hydrogen-bond acceptors (Lipinski definition) is 2. The van der Waals surface area contributed by atoms with Gasteiger partial charge in [-0.1, -0.05) is 36.4 Å². The summed E-state index contributed by atoms with van der Waals surface area (Å²) in [6.07, 6.45) is 1.21. The second-order valence-corrected chi connectivity index (χ2v) is 5.32. The van der Waals surface area contributed by atoms with Crippen molar-refractivity contribution in [3.63, 3.8) is 0 Å². The van der Waals surface area contributed by atoms with E-state index in [1.54, 1.807) is 0 Å².